The van der Waals surface area contributed by atoms with Crippen LogP contribution in [0.5, 0.6) is 0 Å². The summed E-state index contributed by atoms with van der Waals surface area (Å²) in [5.74, 6) is -1.58. The number of nitrogens with one attached hydrogen (secondary N) is 1. The highest BCUT2D eigenvalue weighted by Gasteiger charge is 2.22. The minimum absolute atomic E-state index is 0.000885. The van der Waals surface area contributed by atoms with Crippen LogP contribution < -0.4 is 5.32 Å². The summed E-state index contributed by atoms with van der Waals surface area (Å²) in [6, 6.07) is -0.930. The Kier molecular flexibility index (Phi) is 5.05. The molecule has 1 amide bonds. The topological polar surface area (TPSA) is 117 Å². The summed E-state index contributed by atoms with van der Waals surface area (Å²) in [7, 11) is 0. The van der Waals surface area contributed by atoms with E-state index in [-0.39, 0.29) is 12.2 Å². The van der Waals surface area contributed by atoms with Gasteiger partial charge in [0.05, 0.1) is 6.20 Å². The van der Waals surface area contributed by atoms with Gasteiger partial charge in [-0.2, -0.15) is 5.10 Å². The molecule has 0 aliphatic rings. The van der Waals surface area contributed by atoms with Crippen LogP contribution >= 0.6 is 0 Å². The van der Waals surface area contributed by atoms with E-state index >= 15 is 0 Å². The Morgan fingerprint density at radius 1 is 1.41 bits per heavy atom. The maximum absolute atomic E-state index is 12.2. The maximum atomic E-state index is 12.2. The molecule has 0 radical (unpaired) electrons. The van der Waals surface area contributed by atoms with E-state index in [0.29, 0.717) is 24.9 Å². The Morgan fingerprint density at radius 3 is 2.82 bits per heavy atom. The normalized spacial score (nSPS) is 12.3. The fraction of sp³-hybridized carbons (Fsp3) is 0.429. The summed E-state index contributed by atoms with van der Waals surface area (Å²) in [6.45, 7) is 1.85. The largest absolute Gasteiger partial charge is 0.480 e. The Morgan fingerprint density at radius 2 is 2.18 bits per heavy atom. The molecule has 0 aliphatic carbocycles. The molecule has 3 N–H and O–H groups in total. The van der Waals surface area contributed by atoms with Crippen molar-refractivity contribution in [1.29, 1.82) is 0 Å². The first-order chi connectivity index (χ1) is 10.6. The lowest BCUT2D eigenvalue weighted by molar-refractivity contribution is -0.139. The number of aliphatic carboxylic acids is 1. The van der Waals surface area contributed by atoms with Gasteiger partial charge < -0.3 is 15.5 Å². The van der Waals surface area contributed by atoms with Crippen molar-refractivity contribution in [3.05, 3.63) is 29.7 Å². The lowest BCUT2D eigenvalue weighted by atomic mass is 10.1. The highest BCUT2D eigenvalue weighted by molar-refractivity contribution is 6.01. The molecule has 0 bridgehead atoms. The number of nitrogens with zero attached hydrogens (tertiary/aromatic N) is 3. The van der Waals surface area contributed by atoms with E-state index in [0.717, 1.165) is 5.56 Å². The Bertz CT molecular complexity index is 683. The third kappa shape index (κ3) is 3.40. The number of fused-ring (bicyclic) bond motifs is 1. The first kappa shape index (κ1) is 15.9. The average molecular weight is 306 g/mol. The van der Waals surface area contributed by atoms with E-state index < -0.39 is 17.9 Å². The summed E-state index contributed by atoms with van der Waals surface area (Å²) >= 11 is 0. The van der Waals surface area contributed by atoms with E-state index in [4.69, 9.17) is 10.2 Å². The summed E-state index contributed by atoms with van der Waals surface area (Å²) in [5.41, 5.74) is 1.36. The lowest BCUT2D eigenvalue weighted by Crippen LogP contribution is -2.40. The molecule has 22 heavy (non-hydrogen) atoms. The average Bonchev–Trinajstić information content (AvgIpc) is 2.90. The van der Waals surface area contributed by atoms with Crippen molar-refractivity contribution in [1.82, 2.24) is 19.9 Å². The molecule has 2 aromatic rings. The second-order valence-electron chi connectivity index (χ2n) is 4.92. The van der Waals surface area contributed by atoms with Gasteiger partial charge in [-0.3, -0.25) is 4.79 Å². The first-order valence-corrected chi connectivity index (χ1v) is 7.03. The molecular formula is C14H18N4O4. The minimum Gasteiger partial charge on any atom is -0.480 e. The van der Waals surface area contributed by atoms with Gasteiger partial charge in [-0.05, 0) is 18.4 Å². The van der Waals surface area contributed by atoms with Gasteiger partial charge in [0.1, 0.15) is 11.6 Å². The second kappa shape index (κ2) is 6.99. The molecule has 0 fully saturated rings. The molecule has 8 heteroatoms. The SMILES string of the molecule is CCCC(NC(=O)c1cnn2cc(CCO)cnc12)C(=O)O. The van der Waals surface area contributed by atoms with Crippen molar-refractivity contribution < 1.29 is 19.8 Å². The summed E-state index contributed by atoms with van der Waals surface area (Å²) < 4.78 is 1.44. The zero-order chi connectivity index (χ0) is 16.1. The van der Waals surface area contributed by atoms with Crippen molar-refractivity contribution in [3.63, 3.8) is 0 Å². The molecular weight excluding hydrogens is 288 g/mol. The molecule has 1 unspecified atom stereocenters. The highest BCUT2D eigenvalue weighted by atomic mass is 16.4. The van der Waals surface area contributed by atoms with E-state index in [9.17, 15) is 9.59 Å². The number of aliphatic hydroxyl groups excluding tert-OH is 1. The summed E-state index contributed by atoms with van der Waals surface area (Å²) in [6.07, 6.45) is 6.04. The molecule has 0 spiro atoms. The number of rotatable bonds is 7. The summed E-state index contributed by atoms with van der Waals surface area (Å²) in [4.78, 5) is 27.5. The number of carboxylic acids is 1. The molecule has 0 saturated carbocycles. The van der Waals surface area contributed by atoms with Crippen LogP contribution in [0.1, 0.15) is 35.7 Å². The number of hydrogen-bond donors (Lipinski definition) is 3. The lowest BCUT2D eigenvalue weighted by Gasteiger charge is -2.12. The van der Waals surface area contributed by atoms with Crippen molar-refractivity contribution >= 4 is 17.5 Å². The first-order valence-electron chi connectivity index (χ1n) is 7.03. The van der Waals surface area contributed by atoms with Gasteiger partial charge in [-0.15, -0.1) is 0 Å². The number of carbonyl (C=O) groups excluding carboxylic acids is 1. The van der Waals surface area contributed by atoms with Crippen LogP contribution in [0.25, 0.3) is 5.65 Å². The van der Waals surface area contributed by atoms with Gasteiger partial charge in [0, 0.05) is 19.0 Å². The molecule has 2 heterocycles. The van der Waals surface area contributed by atoms with Crippen molar-refractivity contribution in [2.24, 2.45) is 0 Å². The third-order valence-corrected chi connectivity index (χ3v) is 3.24. The third-order valence-electron chi connectivity index (χ3n) is 3.24. The zero-order valence-corrected chi connectivity index (χ0v) is 12.2. The molecule has 2 rings (SSSR count). The molecule has 8 nitrogen and oxygen atoms in total. The van der Waals surface area contributed by atoms with Crippen molar-refractivity contribution in [2.45, 2.75) is 32.2 Å². The van der Waals surface area contributed by atoms with Gasteiger partial charge >= 0.3 is 5.97 Å². The second-order valence-corrected chi connectivity index (χ2v) is 4.92. The molecule has 118 valence electrons. The fourth-order valence-corrected chi connectivity index (χ4v) is 2.11. The van der Waals surface area contributed by atoms with Crippen LogP contribution in [-0.2, 0) is 11.2 Å². The van der Waals surface area contributed by atoms with Crippen molar-refractivity contribution in [2.75, 3.05) is 6.61 Å². The fourth-order valence-electron chi connectivity index (χ4n) is 2.11. The number of carbonyl (C=O) groups is 2. The molecule has 2 aromatic heterocycles. The predicted octanol–water partition coefficient (Wildman–Crippen LogP) is 0.247. The Hall–Kier alpha value is -2.48. The van der Waals surface area contributed by atoms with Gasteiger partial charge in [-0.25, -0.2) is 14.3 Å². The number of aromatic nitrogens is 3. The zero-order valence-electron chi connectivity index (χ0n) is 12.2. The number of amides is 1. The van der Waals surface area contributed by atoms with Crippen LogP contribution in [0.3, 0.4) is 0 Å². The van der Waals surface area contributed by atoms with Gasteiger partial charge in [0.15, 0.2) is 5.65 Å². The Labute approximate surface area is 126 Å². The van der Waals surface area contributed by atoms with Gasteiger partial charge in [-0.1, -0.05) is 13.3 Å². The van der Waals surface area contributed by atoms with E-state index in [1.54, 1.807) is 12.4 Å². The molecule has 1 atom stereocenters. The monoisotopic (exact) mass is 306 g/mol. The van der Waals surface area contributed by atoms with E-state index in [1.807, 2.05) is 6.92 Å². The smallest absolute Gasteiger partial charge is 0.326 e. The standard InChI is InChI=1S/C14H18N4O4/c1-2-3-11(14(21)22)17-13(20)10-7-16-18-8-9(4-5-19)6-15-12(10)18/h6-8,11,19H,2-5H2,1H3,(H,17,20)(H,21,22). The number of aliphatic hydroxyl groups is 1. The molecule has 0 aliphatic heterocycles. The number of carboxylic acid groups (broad SMARTS) is 1. The van der Waals surface area contributed by atoms with Crippen LogP contribution in [0, 0.1) is 0 Å². The highest BCUT2D eigenvalue weighted by Crippen LogP contribution is 2.10. The molecule has 0 saturated heterocycles. The van der Waals surface area contributed by atoms with Gasteiger partial charge in [0.2, 0.25) is 0 Å². The quantitative estimate of drug-likeness (QED) is 0.675. The molecule has 0 aromatic carbocycles. The van der Waals surface area contributed by atoms with Crippen LogP contribution in [-0.4, -0.2) is 49.3 Å². The minimum atomic E-state index is -1.06. The van der Waals surface area contributed by atoms with Crippen LogP contribution in [0.15, 0.2) is 18.6 Å². The Balaban J connectivity index is 2.23. The summed E-state index contributed by atoms with van der Waals surface area (Å²) in [5, 5.41) is 24.5. The predicted molar refractivity (Wildman–Crippen MR) is 77.6 cm³/mol. The van der Waals surface area contributed by atoms with Crippen molar-refractivity contribution in [3.8, 4) is 0 Å². The van der Waals surface area contributed by atoms with Crippen LogP contribution in [0.2, 0.25) is 0 Å². The maximum Gasteiger partial charge on any atom is 0.326 e. The van der Waals surface area contributed by atoms with E-state index in [2.05, 4.69) is 15.4 Å². The van der Waals surface area contributed by atoms with Crippen LogP contribution in [0.4, 0.5) is 0 Å². The van der Waals surface area contributed by atoms with Gasteiger partial charge in [0.25, 0.3) is 5.91 Å². The van der Waals surface area contributed by atoms with E-state index in [1.165, 1.54) is 10.7 Å². The number of hydrogen-bond acceptors (Lipinski definition) is 5.